The van der Waals surface area contributed by atoms with Gasteiger partial charge in [0.15, 0.2) is 11.5 Å². The van der Waals surface area contributed by atoms with Crippen molar-refractivity contribution in [1.29, 1.82) is 5.26 Å². The molecule has 130 valence electrons. The highest BCUT2D eigenvalue weighted by Gasteiger charge is 2.07. The molecule has 0 saturated heterocycles. The summed E-state index contributed by atoms with van der Waals surface area (Å²) in [4.78, 5) is 11.3. The third-order valence-corrected chi connectivity index (χ3v) is 3.69. The second kappa shape index (κ2) is 9.99. The minimum Gasteiger partial charge on any atom is -0.493 e. The van der Waals surface area contributed by atoms with E-state index in [1.165, 1.54) is 5.56 Å². The highest BCUT2D eigenvalue weighted by atomic mass is 16.5. The summed E-state index contributed by atoms with van der Waals surface area (Å²) in [6, 6.07) is 17.7. The number of carbonyl (C=O) groups excluding carboxylic acids is 1. The number of hydrogen-bond acceptors (Lipinski definition) is 4. The Labute approximate surface area is 148 Å². The molecule has 0 spiro atoms. The number of ether oxygens (including phenoxy) is 2. The molecule has 1 amide bonds. The molecule has 5 heteroatoms. The number of methoxy groups -OCH3 is 1. The van der Waals surface area contributed by atoms with Crippen LogP contribution in [0.4, 0.5) is 0 Å². The third-order valence-electron chi connectivity index (χ3n) is 3.69. The summed E-state index contributed by atoms with van der Waals surface area (Å²) >= 11 is 0. The Morgan fingerprint density at radius 2 is 1.88 bits per heavy atom. The number of hydrogen-bond donors (Lipinski definition) is 1. The van der Waals surface area contributed by atoms with Crippen LogP contribution in [0, 0.1) is 11.3 Å². The fourth-order valence-electron chi connectivity index (χ4n) is 2.39. The Morgan fingerprint density at radius 1 is 1.08 bits per heavy atom. The molecule has 0 aliphatic rings. The van der Waals surface area contributed by atoms with Gasteiger partial charge in [-0.05, 0) is 29.7 Å². The number of nitrogens with zero attached hydrogens (tertiary/aromatic N) is 1. The summed E-state index contributed by atoms with van der Waals surface area (Å²) in [5, 5.41) is 11.2. The predicted molar refractivity (Wildman–Crippen MR) is 95.6 cm³/mol. The predicted octanol–water partition coefficient (Wildman–Crippen LogP) is 2.89. The Kier molecular flexibility index (Phi) is 7.33. The molecule has 0 heterocycles. The van der Waals surface area contributed by atoms with Gasteiger partial charge in [-0.15, -0.1) is 0 Å². The van der Waals surface area contributed by atoms with Crippen molar-refractivity contribution in [3.63, 3.8) is 0 Å². The van der Waals surface area contributed by atoms with Crippen molar-refractivity contribution < 1.29 is 14.3 Å². The summed E-state index contributed by atoms with van der Waals surface area (Å²) in [6.07, 6.45) is 1.38. The van der Waals surface area contributed by atoms with Crippen LogP contribution in [0.3, 0.4) is 0 Å². The maximum Gasteiger partial charge on any atom is 0.234 e. The zero-order valence-electron chi connectivity index (χ0n) is 14.3. The lowest BCUT2D eigenvalue weighted by atomic mass is 10.1. The monoisotopic (exact) mass is 338 g/mol. The number of nitriles is 1. The van der Waals surface area contributed by atoms with Crippen LogP contribution in [0.15, 0.2) is 48.5 Å². The molecule has 0 aromatic heterocycles. The zero-order chi connectivity index (χ0) is 17.9. The molecule has 1 N–H and O–H groups in total. The number of nitrogens with one attached hydrogen (secondary N) is 1. The van der Waals surface area contributed by atoms with Gasteiger partial charge in [0.1, 0.15) is 6.42 Å². The lowest BCUT2D eigenvalue weighted by molar-refractivity contribution is -0.120. The van der Waals surface area contributed by atoms with Crippen molar-refractivity contribution in [2.24, 2.45) is 0 Å². The van der Waals surface area contributed by atoms with Gasteiger partial charge < -0.3 is 14.8 Å². The van der Waals surface area contributed by atoms with Crippen LogP contribution in [-0.4, -0.2) is 26.2 Å². The minimum absolute atomic E-state index is 0.114. The van der Waals surface area contributed by atoms with Crippen molar-refractivity contribution in [3.05, 3.63) is 59.7 Å². The molecule has 2 rings (SSSR count). The molecule has 2 aromatic rings. The Balaban J connectivity index is 1.85. The van der Waals surface area contributed by atoms with Crippen molar-refractivity contribution in [3.8, 4) is 17.6 Å². The topological polar surface area (TPSA) is 71.3 Å². The first-order valence-electron chi connectivity index (χ1n) is 8.20. The summed E-state index contributed by atoms with van der Waals surface area (Å²) in [6.45, 7) is 1.06. The maximum absolute atomic E-state index is 11.3. The second-order valence-electron chi connectivity index (χ2n) is 5.50. The first kappa shape index (κ1) is 18.3. The van der Waals surface area contributed by atoms with E-state index in [9.17, 15) is 4.79 Å². The van der Waals surface area contributed by atoms with Crippen LogP contribution < -0.4 is 14.8 Å². The molecule has 2 aromatic carbocycles. The van der Waals surface area contributed by atoms with E-state index in [-0.39, 0.29) is 12.3 Å². The SMILES string of the molecule is COc1cc(CCNC(=O)CC#N)ccc1OCCc1ccccc1. The molecule has 0 aliphatic carbocycles. The number of amides is 1. The van der Waals surface area contributed by atoms with Gasteiger partial charge in [-0.3, -0.25) is 4.79 Å². The number of benzene rings is 2. The van der Waals surface area contributed by atoms with Crippen molar-refractivity contribution in [1.82, 2.24) is 5.32 Å². The summed E-state index contributed by atoms with van der Waals surface area (Å²) in [5.74, 6) is 1.12. The third kappa shape index (κ3) is 6.19. The molecular formula is C20H22N2O3. The van der Waals surface area contributed by atoms with E-state index in [2.05, 4.69) is 17.4 Å². The van der Waals surface area contributed by atoms with E-state index < -0.39 is 0 Å². The van der Waals surface area contributed by atoms with E-state index in [0.717, 1.165) is 12.0 Å². The normalized spacial score (nSPS) is 9.92. The van der Waals surface area contributed by atoms with E-state index in [0.29, 0.717) is 31.1 Å². The van der Waals surface area contributed by atoms with Gasteiger partial charge >= 0.3 is 0 Å². The average Bonchev–Trinajstić information content (AvgIpc) is 2.63. The first-order valence-corrected chi connectivity index (χ1v) is 8.20. The van der Waals surface area contributed by atoms with Crippen LogP contribution in [0.5, 0.6) is 11.5 Å². The average molecular weight is 338 g/mol. The largest absolute Gasteiger partial charge is 0.493 e. The number of carbonyl (C=O) groups is 1. The molecule has 0 radical (unpaired) electrons. The fraction of sp³-hybridized carbons (Fsp3) is 0.300. The lowest BCUT2D eigenvalue weighted by Crippen LogP contribution is -2.24. The van der Waals surface area contributed by atoms with Crippen LogP contribution in [0.25, 0.3) is 0 Å². The zero-order valence-corrected chi connectivity index (χ0v) is 14.3. The smallest absolute Gasteiger partial charge is 0.234 e. The van der Waals surface area contributed by atoms with Crippen LogP contribution in [0.1, 0.15) is 17.5 Å². The van der Waals surface area contributed by atoms with E-state index >= 15 is 0 Å². The minimum atomic E-state index is -0.254. The van der Waals surface area contributed by atoms with Crippen molar-refractivity contribution in [2.45, 2.75) is 19.3 Å². The lowest BCUT2D eigenvalue weighted by Gasteiger charge is -2.12. The molecule has 0 unspecified atom stereocenters. The highest BCUT2D eigenvalue weighted by molar-refractivity contribution is 5.77. The summed E-state index contributed by atoms with van der Waals surface area (Å²) < 4.78 is 11.2. The van der Waals surface area contributed by atoms with Crippen LogP contribution >= 0.6 is 0 Å². The first-order chi connectivity index (χ1) is 12.2. The van der Waals surface area contributed by atoms with Gasteiger partial charge in [0.25, 0.3) is 0 Å². The summed E-state index contributed by atoms with van der Waals surface area (Å²) in [7, 11) is 1.61. The highest BCUT2D eigenvalue weighted by Crippen LogP contribution is 2.28. The van der Waals surface area contributed by atoms with E-state index in [1.807, 2.05) is 42.5 Å². The van der Waals surface area contributed by atoms with Gasteiger partial charge in [-0.25, -0.2) is 0 Å². The van der Waals surface area contributed by atoms with Crippen molar-refractivity contribution in [2.75, 3.05) is 20.3 Å². The molecule has 0 aliphatic heterocycles. The van der Waals surface area contributed by atoms with Gasteiger partial charge in [0.2, 0.25) is 5.91 Å². The molecule has 0 fully saturated rings. The molecule has 0 atom stereocenters. The molecule has 0 saturated carbocycles. The number of rotatable bonds is 9. The Hall–Kier alpha value is -3.00. The van der Waals surface area contributed by atoms with E-state index in [4.69, 9.17) is 14.7 Å². The molecule has 25 heavy (non-hydrogen) atoms. The Bertz CT molecular complexity index is 723. The van der Waals surface area contributed by atoms with Gasteiger partial charge in [-0.1, -0.05) is 36.4 Å². The molecular weight excluding hydrogens is 316 g/mol. The quantitative estimate of drug-likeness (QED) is 0.763. The maximum atomic E-state index is 11.3. The standard InChI is InChI=1S/C20H22N2O3/c1-24-19-15-17(10-13-22-20(23)9-12-21)7-8-18(19)25-14-11-16-5-3-2-4-6-16/h2-8,15H,9-11,13-14H2,1H3,(H,22,23). The second-order valence-corrected chi connectivity index (χ2v) is 5.50. The van der Waals surface area contributed by atoms with Gasteiger partial charge in [-0.2, -0.15) is 5.26 Å². The fourth-order valence-corrected chi connectivity index (χ4v) is 2.39. The molecule has 5 nitrogen and oxygen atoms in total. The van der Waals surface area contributed by atoms with Gasteiger partial charge in [0, 0.05) is 13.0 Å². The van der Waals surface area contributed by atoms with E-state index in [1.54, 1.807) is 7.11 Å². The molecule has 0 bridgehead atoms. The van der Waals surface area contributed by atoms with Crippen LogP contribution in [0.2, 0.25) is 0 Å². The Morgan fingerprint density at radius 3 is 2.60 bits per heavy atom. The summed E-state index contributed by atoms with van der Waals surface area (Å²) in [5.41, 5.74) is 2.26. The van der Waals surface area contributed by atoms with Gasteiger partial charge in [0.05, 0.1) is 19.8 Å². The van der Waals surface area contributed by atoms with Crippen molar-refractivity contribution >= 4 is 5.91 Å². The van der Waals surface area contributed by atoms with Crippen LogP contribution in [-0.2, 0) is 17.6 Å².